The van der Waals surface area contributed by atoms with Crippen LogP contribution in [0.2, 0.25) is 0 Å². The van der Waals surface area contributed by atoms with Gasteiger partial charge in [-0.15, -0.1) is 0 Å². The minimum Gasteiger partial charge on any atom is -0.465 e. The molecule has 2 aromatic heterocycles. The summed E-state index contributed by atoms with van der Waals surface area (Å²) in [5.41, 5.74) is 2.23. The number of benzene rings is 1. The van der Waals surface area contributed by atoms with Gasteiger partial charge in [-0.05, 0) is 25.1 Å². The molecule has 0 aliphatic heterocycles. The summed E-state index contributed by atoms with van der Waals surface area (Å²) in [6, 6.07) is 7.54. The summed E-state index contributed by atoms with van der Waals surface area (Å²) in [5.74, 6) is -0.0559. The van der Waals surface area contributed by atoms with Crippen molar-refractivity contribution in [2.45, 2.75) is 6.92 Å². The number of halogens is 1. The summed E-state index contributed by atoms with van der Waals surface area (Å²) in [6.45, 7) is 1.68. The number of esters is 1. The Bertz CT molecular complexity index is 842. The van der Waals surface area contributed by atoms with Gasteiger partial charge in [0.1, 0.15) is 17.0 Å². The number of hydrogen-bond acceptors (Lipinski definition) is 5. The number of ether oxygens (including phenoxy) is 1. The summed E-state index contributed by atoms with van der Waals surface area (Å²) < 4.78 is 10.9. The fourth-order valence-corrected chi connectivity index (χ4v) is 2.68. The van der Waals surface area contributed by atoms with Crippen LogP contribution >= 0.6 is 15.9 Å². The van der Waals surface area contributed by atoms with E-state index in [9.17, 15) is 4.79 Å². The van der Waals surface area contributed by atoms with Crippen LogP contribution in [0.5, 0.6) is 0 Å². The smallest absolute Gasteiger partial charge is 0.343 e. The fraction of sp³-hybridized carbons (Fsp3) is 0.133. The Balaban J connectivity index is 2.32. The zero-order chi connectivity index (χ0) is 15.0. The molecule has 6 heteroatoms. The van der Waals surface area contributed by atoms with Crippen molar-refractivity contribution in [3.8, 4) is 11.3 Å². The molecule has 3 rings (SSSR count). The van der Waals surface area contributed by atoms with Crippen LogP contribution in [0.3, 0.4) is 0 Å². The molecule has 2 heterocycles. The van der Waals surface area contributed by atoms with E-state index in [-0.39, 0.29) is 0 Å². The van der Waals surface area contributed by atoms with Crippen molar-refractivity contribution in [3.05, 3.63) is 46.3 Å². The Labute approximate surface area is 129 Å². The van der Waals surface area contributed by atoms with Crippen molar-refractivity contribution < 1.29 is 14.1 Å². The van der Waals surface area contributed by atoms with Crippen molar-refractivity contribution in [1.29, 1.82) is 0 Å². The van der Waals surface area contributed by atoms with Gasteiger partial charge < -0.3 is 9.26 Å². The summed E-state index contributed by atoms with van der Waals surface area (Å²) >= 11 is 3.49. The third-order valence-electron chi connectivity index (χ3n) is 3.22. The maximum Gasteiger partial charge on any atom is 0.343 e. The Hall–Kier alpha value is -2.21. The molecule has 3 aromatic rings. The second kappa shape index (κ2) is 5.29. The van der Waals surface area contributed by atoms with E-state index in [1.807, 2.05) is 24.3 Å². The van der Waals surface area contributed by atoms with Gasteiger partial charge in [0.15, 0.2) is 0 Å². The molecule has 0 bridgehead atoms. The van der Waals surface area contributed by atoms with E-state index in [1.54, 1.807) is 13.1 Å². The molecule has 0 spiro atoms. The standard InChI is InChI=1S/C15H11BrN2O3/c1-8-12(15(19)20-2)14(18-21-8)10-5-6-11(16)9-4-3-7-17-13(9)10/h3-7H,1-2H3. The molecule has 0 radical (unpaired) electrons. The number of aryl methyl sites for hydroxylation is 1. The summed E-state index contributed by atoms with van der Waals surface area (Å²) in [4.78, 5) is 16.3. The van der Waals surface area contributed by atoms with Crippen LogP contribution in [0.25, 0.3) is 22.2 Å². The van der Waals surface area contributed by atoms with Crippen LogP contribution in [0.1, 0.15) is 16.1 Å². The van der Waals surface area contributed by atoms with Crippen LogP contribution in [0, 0.1) is 6.92 Å². The van der Waals surface area contributed by atoms with Crippen LogP contribution in [-0.4, -0.2) is 23.2 Å². The Kier molecular flexibility index (Phi) is 3.47. The number of methoxy groups -OCH3 is 1. The lowest BCUT2D eigenvalue weighted by Crippen LogP contribution is -2.04. The van der Waals surface area contributed by atoms with E-state index < -0.39 is 5.97 Å². The highest BCUT2D eigenvalue weighted by Gasteiger charge is 2.24. The van der Waals surface area contributed by atoms with E-state index in [0.29, 0.717) is 17.0 Å². The predicted octanol–water partition coefficient (Wildman–Crippen LogP) is 3.75. The molecule has 0 N–H and O–H groups in total. The van der Waals surface area contributed by atoms with E-state index in [4.69, 9.17) is 9.26 Å². The molecule has 0 fully saturated rings. The van der Waals surface area contributed by atoms with Gasteiger partial charge in [-0.25, -0.2) is 4.79 Å². The van der Waals surface area contributed by atoms with Crippen molar-refractivity contribution in [2.24, 2.45) is 0 Å². The lowest BCUT2D eigenvalue weighted by molar-refractivity contribution is 0.0599. The molecular weight excluding hydrogens is 336 g/mol. The van der Waals surface area contributed by atoms with Crippen LogP contribution in [-0.2, 0) is 4.74 Å². The highest BCUT2D eigenvalue weighted by atomic mass is 79.9. The summed E-state index contributed by atoms with van der Waals surface area (Å²) in [5, 5.41) is 4.94. The largest absolute Gasteiger partial charge is 0.465 e. The van der Waals surface area contributed by atoms with Crippen LogP contribution < -0.4 is 0 Å². The Morgan fingerprint density at radius 2 is 2.14 bits per heavy atom. The molecule has 0 aliphatic carbocycles. The molecular formula is C15H11BrN2O3. The molecule has 5 nitrogen and oxygen atoms in total. The lowest BCUT2D eigenvalue weighted by Gasteiger charge is -2.06. The van der Waals surface area contributed by atoms with Crippen molar-refractivity contribution in [1.82, 2.24) is 10.1 Å². The molecule has 0 amide bonds. The third-order valence-corrected chi connectivity index (χ3v) is 3.92. The van der Waals surface area contributed by atoms with E-state index in [0.717, 1.165) is 20.9 Å². The first-order valence-corrected chi connectivity index (χ1v) is 7.01. The maximum atomic E-state index is 11.9. The Morgan fingerprint density at radius 1 is 1.33 bits per heavy atom. The van der Waals surface area contributed by atoms with Crippen LogP contribution in [0.15, 0.2) is 39.5 Å². The van der Waals surface area contributed by atoms with Gasteiger partial charge in [-0.2, -0.15) is 0 Å². The Morgan fingerprint density at radius 3 is 2.90 bits per heavy atom. The molecule has 106 valence electrons. The normalized spacial score (nSPS) is 10.8. The zero-order valence-corrected chi connectivity index (χ0v) is 13.0. The highest BCUT2D eigenvalue weighted by Crippen LogP contribution is 2.34. The number of pyridine rings is 1. The molecule has 0 atom stereocenters. The maximum absolute atomic E-state index is 11.9. The predicted molar refractivity (Wildman–Crippen MR) is 81.0 cm³/mol. The first-order valence-electron chi connectivity index (χ1n) is 6.21. The quantitative estimate of drug-likeness (QED) is 0.661. The molecule has 0 saturated heterocycles. The molecule has 1 aromatic carbocycles. The molecule has 21 heavy (non-hydrogen) atoms. The number of nitrogens with zero attached hydrogens (tertiary/aromatic N) is 2. The number of carbonyl (C=O) groups excluding carboxylic acids is 1. The lowest BCUT2D eigenvalue weighted by atomic mass is 10.0. The number of fused-ring (bicyclic) bond motifs is 1. The average Bonchev–Trinajstić information content (AvgIpc) is 2.89. The first kappa shape index (κ1) is 13.8. The van der Waals surface area contributed by atoms with E-state index in [1.165, 1.54) is 7.11 Å². The summed E-state index contributed by atoms with van der Waals surface area (Å²) in [7, 11) is 1.33. The van der Waals surface area contributed by atoms with Crippen molar-refractivity contribution >= 4 is 32.8 Å². The van der Waals surface area contributed by atoms with Crippen molar-refractivity contribution in [2.75, 3.05) is 7.11 Å². The van der Waals surface area contributed by atoms with Crippen LogP contribution in [0.4, 0.5) is 0 Å². The van der Waals surface area contributed by atoms with Gasteiger partial charge in [0.05, 0.1) is 12.6 Å². The molecule has 0 saturated carbocycles. The van der Waals surface area contributed by atoms with E-state index in [2.05, 4.69) is 26.1 Å². The highest BCUT2D eigenvalue weighted by molar-refractivity contribution is 9.10. The minimum atomic E-state index is -0.476. The third kappa shape index (κ3) is 2.21. The topological polar surface area (TPSA) is 65.2 Å². The van der Waals surface area contributed by atoms with E-state index >= 15 is 0 Å². The monoisotopic (exact) mass is 346 g/mol. The van der Waals surface area contributed by atoms with Gasteiger partial charge in [0.2, 0.25) is 0 Å². The second-order valence-corrected chi connectivity index (χ2v) is 5.30. The molecule has 0 aliphatic rings. The SMILES string of the molecule is COC(=O)c1c(-c2ccc(Br)c3cccnc23)noc1C. The number of aromatic nitrogens is 2. The first-order chi connectivity index (χ1) is 10.1. The van der Waals surface area contributed by atoms with Gasteiger partial charge in [-0.1, -0.05) is 27.2 Å². The van der Waals surface area contributed by atoms with Gasteiger partial charge in [0.25, 0.3) is 0 Å². The second-order valence-electron chi connectivity index (χ2n) is 4.45. The van der Waals surface area contributed by atoms with Crippen molar-refractivity contribution in [3.63, 3.8) is 0 Å². The zero-order valence-electron chi connectivity index (χ0n) is 11.4. The van der Waals surface area contributed by atoms with Gasteiger partial charge in [-0.3, -0.25) is 4.98 Å². The number of rotatable bonds is 2. The molecule has 0 unspecified atom stereocenters. The average molecular weight is 347 g/mol. The number of hydrogen-bond donors (Lipinski definition) is 0. The summed E-state index contributed by atoms with van der Waals surface area (Å²) in [6.07, 6.45) is 1.70. The van der Waals surface area contributed by atoms with Gasteiger partial charge in [0, 0.05) is 21.6 Å². The fourth-order valence-electron chi connectivity index (χ4n) is 2.23. The van der Waals surface area contributed by atoms with Gasteiger partial charge >= 0.3 is 5.97 Å². The minimum absolute atomic E-state index is 0.326. The number of carbonyl (C=O) groups is 1.